The van der Waals surface area contributed by atoms with Crippen molar-refractivity contribution >= 4 is 29.4 Å². The number of halogens is 1. The van der Waals surface area contributed by atoms with Gasteiger partial charge in [0.15, 0.2) is 6.10 Å². The molecule has 0 fully saturated rings. The van der Waals surface area contributed by atoms with Crippen LogP contribution in [0.3, 0.4) is 0 Å². The van der Waals surface area contributed by atoms with Crippen molar-refractivity contribution in [2.75, 3.05) is 14.2 Å². The molecule has 1 atom stereocenters. The third kappa shape index (κ3) is 5.10. The Bertz CT molecular complexity index is 811. The van der Waals surface area contributed by atoms with Crippen molar-refractivity contribution in [1.29, 1.82) is 0 Å². The van der Waals surface area contributed by atoms with E-state index in [-0.39, 0.29) is 5.78 Å². The van der Waals surface area contributed by atoms with Crippen molar-refractivity contribution in [2.24, 2.45) is 0 Å². The summed E-state index contributed by atoms with van der Waals surface area (Å²) in [6.45, 7) is 1.52. The van der Waals surface area contributed by atoms with E-state index in [1.165, 1.54) is 20.1 Å². The summed E-state index contributed by atoms with van der Waals surface area (Å²) in [5.74, 6) is 0.275. The molecule has 26 heavy (non-hydrogen) atoms. The number of carbonyl (C=O) groups is 2. The van der Waals surface area contributed by atoms with Gasteiger partial charge in [0.05, 0.1) is 14.2 Å². The largest absolute Gasteiger partial charge is 0.497 e. The summed E-state index contributed by atoms with van der Waals surface area (Å²) < 4.78 is 15.6. The van der Waals surface area contributed by atoms with Crippen LogP contribution in [0.4, 0.5) is 0 Å². The first-order valence-electron chi connectivity index (χ1n) is 7.85. The Morgan fingerprint density at radius 1 is 1.04 bits per heavy atom. The van der Waals surface area contributed by atoms with Gasteiger partial charge in [-0.05, 0) is 55.5 Å². The number of rotatable bonds is 7. The molecule has 0 aliphatic carbocycles. The molecule has 0 N–H and O–H groups in total. The summed E-state index contributed by atoms with van der Waals surface area (Å²) in [5.41, 5.74) is 1.08. The number of benzene rings is 2. The van der Waals surface area contributed by atoms with E-state index in [2.05, 4.69) is 0 Å². The first-order valence-corrected chi connectivity index (χ1v) is 8.23. The third-order valence-electron chi connectivity index (χ3n) is 3.63. The third-order valence-corrected chi connectivity index (χ3v) is 3.88. The Labute approximate surface area is 157 Å². The Morgan fingerprint density at radius 2 is 1.73 bits per heavy atom. The summed E-state index contributed by atoms with van der Waals surface area (Å²) in [4.78, 5) is 24.3. The zero-order valence-corrected chi connectivity index (χ0v) is 15.4. The Morgan fingerprint density at radius 3 is 2.35 bits per heavy atom. The Kier molecular flexibility index (Phi) is 6.81. The molecule has 2 rings (SSSR count). The average Bonchev–Trinajstić information content (AvgIpc) is 2.66. The summed E-state index contributed by atoms with van der Waals surface area (Å²) in [7, 11) is 3.08. The second-order valence-electron chi connectivity index (χ2n) is 5.39. The second-order valence-corrected chi connectivity index (χ2v) is 5.83. The van der Waals surface area contributed by atoms with Gasteiger partial charge in [-0.15, -0.1) is 0 Å². The van der Waals surface area contributed by atoms with Crippen LogP contribution in [0.5, 0.6) is 11.5 Å². The molecule has 0 saturated carbocycles. The lowest BCUT2D eigenvalue weighted by atomic mass is 10.1. The van der Waals surface area contributed by atoms with Crippen LogP contribution in [0.1, 0.15) is 22.8 Å². The number of hydrogen-bond donors (Lipinski definition) is 0. The molecule has 136 valence electrons. The average molecular weight is 375 g/mol. The quantitative estimate of drug-likeness (QED) is 0.413. The number of carbonyl (C=O) groups excluding carboxylic acids is 2. The molecule has 5 nitrogen and oxygen atoms in total. The molecule has 0 aromatic heterocycles. The molecule has 0 amide bonds. The Balaban J connectivity index is 2.04. The highest BCUT2D eigenvalue weighted by atomic mass is 35.5. The maximum Gasteiger partial charge on any atom is 0.331 e. The number of methoxy groups -OCH3 is 2. The zero-order chi connectivity index (χ0) is 19.1. The molecule has 0 aliphatic rings. The predicted molar refractivity (Wildman–Crippen MR) is 99.9 cm³/mol. The van der Waals surface area contributed by atoms with Crippen LogP contribution >= 0.6 is 11.6 Å². The molecule has 0 heterocycles. The number of Topliss-reactive ketones (excluding diaryl/α,β-unsaturated/α-hetero) is 1. The smallest absolute Gasteiger partial charge is 0.331 e. The highest BCUT2D eigenvalue weighted by Crippen LogP contribution is 2.25. The zero-order valence-electron chi connectivity index (χ0n) is 14.7. The lowest BCUT2D eigenvalue weighted by Crippen LogP contribution is -2.23. The minimum Gasteiger partial charge on any atom is -0.497 e. The summed E-state index contributed by atoms with van der Waals surface area (Å²) in [6.07, 6.45) is 1.87. The fourth-order valence-electron chi connectivity index (χ4n) is 2.24. The highest BCUT2D eigenvalue weighted by Gasteiger charge is 2.18. The van der Waals surface area contributed by atoms with Crippen molar-refractivity contribution < 1.29 is 23.8 Å². The fraction of sp³-hybridized carbons (Fsp3) is 0.200. The van der Waals surface area contributed by atoms with Crippen molar-refractivity contribution in [3.8, 4) is 11.5 Å². The summed E-state index contributed by atoms with van der Waals surface area (Å²) in [6, 6.07) is 11.6. The van der Waals surface area contributed by atoms with Gasteiger partial charge in [0, 0.05) is 22.2 Å². The molecule has 6 heteroatoms. The van der Waals surface area contributed by atoms with E-state index in [1.807, 2.05) is 0 Å². The van der Waals surface area contributed by atoms with Crippen LogP contribution in [0.15, 0.2) is 48.5 Å². The molecule has 0 radical (unpaired) electrons. The van der Waals surface area contributed by atoms with E-state index < -0.39 is 12.1 Å². The van der Waals surface area contributed by atoms with Gasteiger partial charge in [-0.25, -0.2) is 4.79 Å². The van der Waals surface area contributed by atoms with Gasteiger partial charge in [0.1, 0.15) is 11.5 Å². The lowest BCUT2D eigenvalue weighted by Gasteiger charge is -2.11. The molecule has 0 saturated heterocycles. The lowest BCUT2D eigenvalue weighted by molar-refractivity contribution is -0.140. The van der Waals surface area contributed by atoms with Crippen molar-refractivity contribution in [1.82, 2.24) is 0 Å². The molecular formula is C20H19ClO5. The SMILES string of the molecule is COc1ccc(OC)c(/C=C/C(=O)O[C@@H](C)C(=O)c2ccc(Cl)cc2)c1. The standard InChI is InChI=1S/C20H19ClO5/c1-13(20(23)14-4-7-16(21)8-5-14)26-19(22)11-6-15-12-17(24-2)9-10-18(15)25-3/h4-13H,1-3H3/b11-6+/t13-/m0/s1. The molecule has 2 aromatic rings. The van der Waals surface area contributed by atoms with Crippen LogP contribution in [-0.2, 0) is 9.53 Å². The number of hydrogen-bond acceptors (Lipinski definition) is 5. The normalized spacial score (nSPS) is 11.8. The molecule has 0 spiro atoms. The van der Waals surface area contributed by atoms with E-state index in [0.29, 0.717) is 27.6 Å². The van der Waals surface area contributed by atoms with Crippen LogP contribution in [0.2, 0.25) is 5.02 Å². The van der Waals surface area contributed by atoms with E-state index >= 15 is 0 Å². The minimum atomic E-state index is -0.916. The highest BCUT2D eigenvalue weighted by molar-refractivity contribution is 6.30. The molecule has 0 aliphatic heterocycles. The van der Waals surface area contributed by atoms with Gasteiger partial charge >= 0.3 is 5.97 Å². The van der Waals surface area contributed by atoms with Crippen molar-refractivity contribution in [2.45, 2.75) is 13.0 Å². The summed E-state index contributed by atoms with van der Waals surface area (Å²) in [5, 5.41) is 0.529. The first-order chi connectivity index (χ1) is 12.4. The van der Waals surface area contributed by atoms with E-state index in [1.54, 1.807) is 55.7 Å². The van der Waals surface area contributed by atoms with Gasteiger partial charge < -0.3 is 14.2 Å². The van der Waals surface area contributed by atoms with Gasteiger partial charge in [-0.1, -0.05) is 11.6 Å². The molecule has 2 aromatic carbocycles. The number of esters is 1. The van der Waals surface area contributed by atoms with Crippen LogP contribution < -0.4 is 9.47 Å². The van der Waals surface area contributed by atoms with Crippen molar-refractivity contribution in [3.63, 3.8) is 0 Å². The second kappa shape index (κ2) is 9.06. The molecular weight excluding hydrogens is 356 g/mol. The molecule has 0 bridgehead atoms. The maximum atomic E-state index is 12.3. The Hall–Kier alpha value is -2.79. The van der Waals surface area contributed by atoms with Crippen LogP contribution in [0.25, 0.3) is 6.08 Å². The topological polar surface area (TPSA) is 61.8 Å². The van der Waals surface area contributed by atoms with Crippen molar-refractivity contribution in [3.05, 3.63) is 64.7 Å². The fourth-order valence-corrected chi connectivity index (χ4v) is 2.37. The number of ketones is 1. The van der Waals surface area contributed by atoms with Gasteiger partial charge in [-0.3, -0.25) is 4.79 Å². The van der Waals surface area contributed by atoms with E-state index in [9.17, 15) is 9.59 Å². The maximum absolute atomic E-state index is 12.3. The predicted octanol–water partition coefficient (Wildman–Crippen LogP) is 4.19. The minimum absolute atomic E-state index is 0.303. The van der Waals surface area contributed by atoms with Gasteiger partial charge in [0.2, 0.25) is 5.78 Å². The first kappa shape index (κ1) is 19.5. The van der Waals surface area contributed by atoms with Gasteiger partial charge in [-0.2, -0.15) is 0 Å². The summed E-state index contributed by atoms with van der Waals surface area (Å²) >= 11 is 5.80. The monoisotopic (exact) mass is 374 g/mol. The van der Waals surface area contributed by atoms with E-state index in [4.69, 9.17) is 25.8 Å². The van der Waals surface area contributed by atoms with Crippen LogP contribution in [-0.4, -0.2) is 32.1 Å². The number of ether oxygens (including phenoxy) is 3. The van der Waals surface area contributed by atoms with Crippen LogP contribution in [0, 0.1) is 0 Å². The van der Waals surface area contributed by atoms with Gasteiger partial charge in [0.25, 0.3) is 0 Å². The van der Waals surface area contributed by atoms with E-state index in [0.717, 1.165) is 0 Å². The molecule has 0 unspecified atom stereocenters.